The Kier molecular flexibility index (Phi) is 4.05. The summed E-state index contributed by atoms with van der Waals surface area (Å²) < 4.78 is 0. The van der Waals surface area contributed by atoms with Gasteiger partial charge in [0.2, 0.25) is 0 Å². The predicted molar refractivity (Wildman–Crippen MR) is 59.5 cm³/mol. The normalized spacial score (nSPS) is 10.0. The molecule has 78 valence electrons. The van der Waals surface area contributed by atoms with E-state index in [1.807, 2.05) is 24.3 Å². The van der Waals surface area contributed by atoms with Crippen LogP contribution in [-0.4, -0.2) is 5.78 Å². The Hall–Kier alpha value is -1.62. The van der Waals surface area contributed by atoms with Crippen LogP contribution in [0.5, 0.6) is 0 Å². The van der Waals surface area contributed by atoms with Gasteiger partial charge in [0, 0.05) is 5.56 Å². The fraction of sp³-hybridized carbons (Fsp3) is 0.385. The van der Waals surface area contributed by atoms with Crippen LogP contribution < -0.4 is 0 Å². The van der Waals surface area contributed by atoms with Gasteiger partial charge < -0.3 is 0 Å². The lowest BCUT2D eigenvalue weighted by atomic mass is 9.99. The van der Waals surface area contributed by atoms with Crippen LogP contribution in [0.4, 0.5) is 0 Å². The van der Waals surface area contributed by atoms with Crippen LogP contribution in [0, 0.1) is 17.2 Å². The number of carbonyl (C=O) groups excluding carboxylic acids is 1. The van der Waals surface area contributed by atoms with Gasteiger partial charge in [-0.1, -0.05) is 32.0 Å². The van der Waals surface area contributed by atoms with Crippen molar-refractivity contribution in [3.05, 3.63) is 35.4 Å². The summed E-state index contributed by atoms with van der Waals surface area (Å²) in [7, 11) is 0. The Labute approximate surface area is 90.5 Å². The van der Waals surface area contributed by atoms with Crippen LogP contribution in [0.15, 0.2) is 24.3 Å². The Bertz CT molecular complexity index is 388. The van der Waals surface area contributed by atoms with E-state index in [4.69, 9.17) is 5.26 Å². The van der Waals surface area contributed by atoms with E-state index >= 15 is 0 Å². The maximum atomic E-state index is 11.5. The first-order chi connectivity index (χ1) is 7.13. The van der Waals surface area contributed by atoms with Gasteiger partial charge in [0.15, 0.2) is 5.78 Å². The van der Waals surface area contributed by atoms with E-state index < -0.39 is 0 Å². The molecule has 1 aromatic carbocycles. The van der Waals surface area contributed by atoms with Crippen molar-refractivity contribution >= 4 is 5.78 Å². The van der Waals surface area contributed by atoms with Crippen molar-refractivity contribution in [1.29, 1.82) is 5.26 Å². The highest BCUT2D eigenvalue weighted by molar-refractivity contribution is 5.97. The second-order valence-electron chi connectivity index (χ2n) is 4.06. The molecular weight excluding hydrogens is 186 g/mol. The number of nitrogens with zero attached hydrogens (tertiary/aromatic N) is 1. The van der Waals surface area contributed by atoms with E-state index in [1.54, 1.807) is 6.07 Å². The molecule has 1 rings (SSSR count). The van der Waals surface area contributed by atoms with E-state index in [-0.39, 0.29) is 12.2 Å². The molecule has 0 atom stereocenters. The molecule has 0 spiro atoms. The molecule has 0 heterocycles. The van der Waals surface area contributed by atoms with E-state index in [1.165, 1.54) is 0 Å². The summed E-state index contributed by atoms with van der Waals surface area (Å²) in [6.45, 7) is 4.29. The number of hydrogen-bond donors (Lipinski definition) is 0. The van der Waals surface area contributed by atoms with Crippen molar-refractivity contribution < 1.29 is 4.79 Å². The fourth-order valence-electron chi connectivity index (χ4n) is 1.52. The minimum Gasteiger partial charge on any atom is -0.293 e. The molecule has 15 heavy (non-hydrogen) atoms. The summed E-state index contributed by atoms with van der Waals surface area (Å²) in [5.41, 5.74) is 1.81. The summed E-state index contributed by atoms with van der Waals surface area (Å²) in [5.74, 6) is 0.481. The second-order valence-corrected chi connectivity index (χ2v) is 4.06. The van der Waals surface area contributed by atoms with Gasteiger partial charge >= 0.3 is 0 Å². The first kappa shape index (κ1) is 11.5. The maximum Gasteiger partial charge on any atom is 0.176 e. The van der Waals surface area contributed by atoms with Gasteiger partial charge in [0.1, 0.15) is 0 Å². The molecule has 1 aromatic rings. The highest BCUT2D eigenvalue weighted by Crippen LogP contribution is 2.11. The zero-order valence-electron chi connectivity index (χ0n) is 9.16. The fourth-order valence-corrected chi connectivity index (χ4v) is 1.52. The third kappa shape index (κ3) is 3.55. The molecule has 0 N–H and O–H groups in total. The molecule has 0 unspecified atom stereocenters. The molecule has 0 aliphatic rings. The Morgan fingerprint density at radius 1 is 1.47 bits per heavy atom. The summed E-state index contributed by atoms with van der Waals surface area (Å²) in [6.07, 6.45) is 0.929. The van der Waals surface area contributed by atoms with E-state index in [0.29, 0.717) is 11.5 Å². The van der Waals surface area contributed by atoms with Gasteiger partial charge in [0.05, 0.1) is 12.5 Å². The largest absolute Gasteiger partial charge is 0.293 e. The van der Waals surface area contributed by atoms with E-state index in [9.17, 15) is 4.79 Å². The van der Waals surface area contributed by atoms with Crippen LogP contribution >= 0.6 is 0 Å². The highest BCUT2D eigenvalue weighted by atomic mass is 16.1. The minimum atomic E-state index is -0.0943. The van der Waals surface area contributed by atoms with Gasteiger partial charge in [-0.05, 0) is 24.0 Å². The van der Waals surface area contributed by atoms with Crippen LogP contribution in [-0.2, 0) is 6.42 Å². The van der Waals surface area contributed by atoms with Crippen molar-refractivity contribution in [3.63, 3.8) is 0 Å². The number of hydrogen-bond acceptors (Lipinski definition) is 2. The van der Waals surface area contributed by atoms with Crippen LogP contribution in [0.3, 0.4) is 0 Å². The van der Waals surface area contributed by atoms with Gasteiger partial charge in [-0.25, -0.2) is 0 Å². The SMILES string of the molecule is CC(C)Cc1cccc(C(=O)CC#N)c1. The van der Waals surface area contributed by atoms with Crippen molar-refractivity contribution in [1.82, 2.24) is 0 Å². The molecule has 0 saturated carbocycles. The number of benzene rings is 1. The van der Waals surface area contributed by atoms with Gasteiger partial charge in [0.25, 0.3) is 0 Å². The topological polar surface area (TPSA) is 40.9 Å². The summed E-state index contributed by atoms with van der Waals surface area (Å²) in [6, 6.07) is 9.43. The number of nitriles is 1. The van der Waals surface area contributed by atoms with Crippen molar-refractivity contribution in [3.8, 4) is 6.07 Å². The predicted octanol–water partition coefficient (Wildman–Crippen LogP) is 2.98. The van der Waals surface area contributed by atoms with Crippen LogP contribution in [0.2, 0.25) is 0 Å². The summed E-state index contributed by atoms with van der Waals surface area (Å²) in [4.78, 5) is 11.5. The molecule has 2 heteroatoms. The lowest BCUT2D eigenvalue weighted by molar-refractivity contribution is 0.0997. The monoisotopic (exact) mass is 201 g/mol. The minimum absolute atomic E-state index is 0.0366. The maximum absolute atomic E-state index is 11.5. The zero-order chi connectivity index (χ0) is 11.3. The number of carbonyl (C=O) groups is 1. The van der Waals surface area contributed by atoms with Gasteiger partial charge in [-0.15, -0.1) is 0 Å². The quantitative estimate of drug-likeness (QED) is 0.702. The standard InChI is InChI=1S/C13H15NO/c1-10(2)8-11-4-3-5-12(9-11)13(15)6-7-14/h3-5,9-10H,6,8H2,1-2H3. The first-order valence-electron chi connectivity index (χ1n) is 5.12. The van der Waals surface area contributed by atoms with Gasteiger partial charge in [-0.3, -0.25) is 4.79 Å². The van der Waals surface area contributed by atoms with Crippen molar-refractivity contribution in [2.24, 2.45) is 5.92 Å². The Balaban J connectivity index is 2.83. The molecule has 0 saturated heterocycles. The highest BCUT2D eigenvalue weighted by Gasteiger charge is 2.06. The van der Waals surface area contributed by atoms with Crippen LogP contribution in [0.1, 0.15) is 36.2 Å². The lowest BCUT2D eigenvalue weighted by Gasteiger charge is -2.05. The zero-order valence-corrected chi connectivity index (χ0v) is 9.16. The average molecular weight is 201 g/mol. The van der Waals surface area contributed by atoms with Gasteiger partial charge in [-0.2, -0.15) is 5.26 Å². The smallest absolute Gasteiger partial charge is 0.176 e. The molecule has 0 amide bonds. The van der Waals surface area contributed by atoms with E-state index in [0.717, 1.165) is 12.0 Å². The molecular formula is C13H15NO. The third-order valence-corrected chi connectivity index (χ3v) is 2.13. The summed E-state index contributed by atoms with van der Waals surface area (Å²) in [5, 5.41) is 8.44. The molecule has 0 bridgehead atoms. The summed E-state index contributed by atoms with van der Waals surface area (Å²) >= 11 is 0. The third-order valence-electron chi connectivity index (χ3n) is 2.13. The molecule has 0 aliphatic heterocycles. The van der Waals surface area contributed by atoms with Crippen molar-refractivity contribution in [2.75, 3.05) is 0 Å². The molecule has 0 fully saturated rings. The number of Topliss-reactive ketones (excluding diaryl/α,β-unsaturated/α-hetero) is 1. The van der Waals surface area contributed by atoms with Crippen LogP contribution in [0.25, 0.3) is 0 Å². The first-order valence-corrected chi connectivity index (χ1v) is 5.12. The molecule has 2 nitrogen and oxygen atoms in total. The molecule has 0 aromatic heterocycles. The van der Waals surface area contributed by atoms with E-state index in [2.05, 4.69) is 13.8 Å². The average Bonchev–Trinajstić information content (AvgIpc) is 2.17. The molecule has 0 radical (unpaired) electrons. The van der Waals surface area contributed by atoms with Crippen molar-refractivity contribution in [2.45, 2.75) is 26.7 Å². The number of ketones is 1. The molecule has 0 aliphatic carbocycles. The second kappa shape index (κ2) is 5.31. The lowest BCUT2D eigenvalue weighted by Crippen LogP contribution is -2.00. The Morgan fingerprint density at radius 3 is 2.80 bits per heavy atom. The number of rotatable bonds is 4. The Morgan fingerprint density at radius 2 is 2.20 bits per heavy atom.